The first-order chi connectivity index (χ1) is 27.8. The zero-order chi connectivity index (χ0) is 40.9. The van der Waals surface area contributed by atoms with Crippen LogP contribution in [0.2, 0.25) is 0 Å². The number of carbonyl (C=O) groups is 4. The lowest BCUT2D eigenvalue weighted by atomic mass is 9.40. The van der Waals surface area contributed by atoms with Crippen molar-refractivity contribution in [2.45, 2.75) is 89.5 Å². The van der Waals surface area contributed by atoms with Gasteiger partial charge in [-0.1, -0.05) is 100 Å². The van der Waals surface area contributed by atoms with E-state index in [-0.39, 0.29) is 25.4 Å². The van der Waals surface area contributed by atoms with Crippen LogP contribution in [0.5, 0.6) is 0 Å². The molecule has 1 N–H and O–H groups in total. The minimum Gasteiger partial charge on any atom is -0.456 e. The van der Waals surface area contributed by atoms with Crippen molar-refractivity contribution in [1.29, 1.82) is 0 Å². The van der Waals surface area contributed by atoms with Gasteiger partial charge >= 0.3 is 23.9 Å². The number of aliphatic hydroxyl groups is 1. The van der Waals surface area contributed by atoms with Crippen LogP contribution >= 0.6 is 0 Å². The minimum absolute atomic E-state index is 0.0502. The molecule has 0 bridgehead atoms. The van der Waals surface area contributed by atoms with Crippen molar-refractivity contribution in [3.63, 3.8) is 0 Å². The maximum Gasteiger partial charge on any atom is 0.338 e. The van der Waals surface area contributed by atoms with Gasteiger partial charge in [-0.3, -0.25) is 0 Å². The Morgan fingerprint density at radius 2 is 1.00 bits per heavy atom. The molecule has 302 valence electrons. The summed E-state index contributed by atoms with van der Waals surface area (Å²) in [6.07, 6.45) is -3.02. The smallest absolute Gasteiger partial charge is 0.338 e. The summed E-state index contributed by atoms with van der Waals surface area (Å²) < 4.78 is 31.9. The van der Waals surface area contributed by atoms with Gasteiger partial charge in [0.15, 0.2) is 0 Å². The van der Waals surface area contributed by atoms with Crippen LogP contribution in [-0.2, 0) is 23.7 Å². The molecular weight excluding hydrogens is 737 g/mol. The number of fused-ring (bicyclic) bond motifs is 5. The maximum atomic E-state index is 14.0. The van der Waals surface area contributed by atoms with Crippen molar-refractivity contribution < 1.29 is 48.0 Å². The van der Waals surface area contributed by atoms with Gasteiger partial charge < -0.3 is 28.8 Å². The highest BCUT2D eigenvalue weighted by molar-refractivity contribution is 5.91. The highest BCUT2D eigenvalue weighted by atomic mass is 16.6. The fourth-order valence-corrected chi connectivity index (χ4v) is 11.1. The predicted octanol–water partition coefficient (Wildman–Crippen LogP) is 7.89. The minimum atomic E-state index is -1.76. The number of rotatable bonds is 8. The van der Waals surface area contributed by atoms with Crippen molar-refractivity contribution in [3.8, 4) is 0 Å². The van der Waals surface area contributed by atoms with Crippen LogP contribution < -0.4 is 0 Å². The van der Waals surface area contributed by atoms with E-state index < -0.39 is 82.2 Å². The lowest BCUT2D eigenvalue weighted by Gasteiger charge is -2.68. The van der Waals surface area contributed by atoms with E-state index in [1.54, 1.807) is 97.1 Å². The fourth-order valence-electron chi connectivity index (χ4n) is 11.1. The Hall–Kier alpha value is -5.32. The molecule has 4 aromatic rings. The van der Waals surface area contributed by atoms with Gasteiger partial charge in [0.2, 0.25) is 0 Å². The van der Waals surface area contributed by atoms with Crippen LogP contribution in [-0.4, -0.2) is 71.7 Å². The Morgan fingerprint density at radius 1 is 0.569 bits per heavy atom. The van der Waals surface area contributed by atoms with Crippen LogP contribution in [0.3, 0.4) is 0 Å². The molecule has 0 amide bonds. The van der Waals surface area contributed by atoms with Crippen LogP contribution in [0.15, 0.2) is 121 Å². The molecule has 4 aromatic carbocycles. The topological polar surface area (TPSA) is 135 Å². The second-order valence-corrected chi connectivity index (χ2v) is 17.5. The largest absolute Gasteiger partial charge is 0.456 e. The van der Waals surface area contributed by atoms with E-state index in [2.05, 4.69) is 6.92 Å². The number of esters is 4. The summed E-state index contributed by atoms with van der Waals surface area (Å²) in [5.74, 6) is -3.03. The first kappa shape index (κ1) is 39.5. The normalized spacial score (nSPS) is 33.3. The summed E-state index contributed by atoms with van der Waals surface area (Å²) >= 11 is 0. The molecule has 1 heterocycles. The molecule has 3 saturated carbocycles. The average Bonchev–Trinajstić information content (AvgIpc) is 3.57. The lowest BCUT2D eigenvalue weighted by molar-refractivity contribution is -0.306. The molecule has 4 fully saturated rings. The number of carbonyl (C=O) groups excluding carboxylic acids is 4. The molecular formula is C48H50O10. The Kier molecular flexibility index (Phi) is 10.3. The van der Waals surface area contributed by atoms with E-state index in [9.17, 15) is 24.3 Å². The average molecular weight is 787 g/mol. The molecule has 10 nitrogen and oxygen atoms in total. The van der Waals surface area contributed by atoms with Gasteiger partial charge in [-0.15, -0.1) is 0 Å². The van der Waals surface area contributed by atoms with Crippen LogP contribution in [0, 0.1) is 28.1 Å². The SMILES string of the molecule is CC1(C)[C@H](OC(=O)c2ccccc2)[C@@H](OC(=O)c2ccccc2)C[C@]2(C)[C@@H]1C[C@@H](OC(=O)c1ccccc1)[C@]1(O)[C@H]2CC[C@]2(C)[C@@H](OC(=O)c3ccccc3)CO[C@@H]21. The van der Waals surface area contributed by atoms with Crippen molar-refractivity contribution in [2.24, 2.45) is 28.1 Å². The fraction of sp³-hybridized carbons (Fsp3) is 0.417. The van der Waals surface area contributed by atoms with E-state index in [1.807, 2.05) is 45.0 Å². The highest BCUT2D eigenvalue weighted by Crippen LogP contribution is 2.69. The van der Waals surface area contributed by atoms with Crippen LogP contribution in [0.4, 0.5) is 0 Å². The Bertz CT molecular complexity index is 2140. The Morgan fingerprint density at radius 3 is 1.48 bits per heavy atom. The Labute approximate surface area is 338 Å². The van der Waals surface area contributed by atoms with Crippen molar-refractivity contribution in [3.05, 3.63) is 144 Å². The van der Waals surface area contributed by atoms with Crippen molar-refractivity contribution in [2.75, 3.05) is 6.61 Å². The van der Waals surface area contributed by atoms with Gasteiger partial charge in [0.1, 0.15) is 30.0 Å². The molecule has 1 saturated heterocycles. The quantitative estimate of drug-likeness (QED) is 0.139. The van der Waals surface area contributed by atoms with Crippen molar-refractivity contribution in [1.82, 2.24) is 0 Å². The molecule has 0 radical (unpaired) electrons. The number of benzene rings is 4. The van der Waals surface area contributed by atoms with Gasteiger partial charge in [-0.05, 0) is 91.5 Å². The zero-order valence-electron chi connectivity index (χ0n) is 33.2. The van der Waals surface area contributed by atoms with Gasteiger partial charge in [0.05, 0.1) is 35.0 Å². The highest BCUT2D eigenvalue weighted by Gasteiger charge is 2.75. The molecule has 10 heteroatoms. The molecule has 10 atom stereocenters. The van der Waals surface area contributed by atoms with Crippen LogP contribution in [0.25, 0.3) is 0 Å². The summed E-state index contributed by atoms with van der Waals surface area (Å²) in [5.41, 5.74) is -2.76. The van der Waals surface area contributed by atoms with Gasteiger partial charge in [-0.2, -0.15) is 0 Å². The zero-order valence-corrected chi connectivity index (χ0v) is 33.2. The molecule has 4 aliphatic rings. The van der Waals surface area contributed by atoms with Gasteiger partial charge in [-0.25, -0.2) is 19.2 Å². The third-order valence-corrected chi connectivity index (χ3v) is 13.9. The summed E-state index contributed by atoms with van der Waals surface area (Å²) in [5, 5.41) is 13.6. The Balaban J connectivity index is 1.19. The number of ether oxygens (including phenoxy) is 5. The molecule has 8 rings (SSSR count). The standard InChI is InChI=1S/C48H50O10/c1-45(2)36-27-37(56-41(50)31-19-11-6-12-20-31)48(53)35(25-26-46(3)38(29-54-44(46)48)57-42(51)32-21-13-7-14-22-32)47(36,4)28-34(55-40(49)30-17-9-5-10-18-30)39(45)58-43(52)33-23-15-8-16-24-33/h5-24,34-39,44,53H,25-29H2,1-4H3/t34-,35-,36+,37+,38-,39+,44-,46+,47-,48+/m0/s1. The number of hydrogen-bond acceptors (Lipinski definition) is 10. The molecule has 1 aliphatic heterocycles. The predicted molar refractivity (Wildman–Crippen MR) is 213 cm³/mol. The lowest BCUT2D eigenvalue weighted by Crippen LogP contribution is -2.76. The van der Waals surface area contributed by atoms with Gasteiger partial charge in [0, 0.05) is 10.8 Å². The second-order valence-electron chi connectivity index (χ2n) is 17.5. The second kappa shape index (κ2) is 15.1. The first-order valence-electron chi connectivity index (χ1n) is 20.1. The van der Waals surface area contributed by atoms with Crippen molar-refractivity contribution >= 4 is 23.9 Å². The van der Waals surface area contributed by atoms with E-state index in [1.165, 1.54) is 0 Å². The third kappa shape index (κ3) is 6.70. The number of hydrogen-bond donors (Lipinski definition) is 1. The first-order valence-corrected chi connectivity index (χ1v) is 20.1. The maximum absolute atomic E-state index is 14.0. The van der Waals surface area contributed by atoms with Crippen LogP contribution in [0.1, 0.15) is 94.8 Å². The van der Waals surface area contributed by atoms with E-state index in [0.29, 0.717) is 35.1 Å². The van der Waals surface area contributed by atoms with E-state index in [4.69, 9.17) is 23.7 Å². The summed E-state index contributed by atoms with van der Waals surface area (Å²) in [4.78, 5) is 55.0. The molecule has 0 unspecified atom stereocenters. The van der Waals surface area contributed by atoms with Gasteiger partial charge in [0.25, 0.3) is 0 Å². The molecule has 0 aromatic heterocycles. The monoisotopic (exact) mass is 786 g/mol. The van der Waals surface area contributed by atoms with E-state index >= 15 is 0 Å². The summed E-state index contributed by atoms with van der Waals surface area (Å²) in [6, 6.07) is 34.8. The van der Waals surface area contributed by atoms with E-state index in [0.717, 1.165) is 0 Å². The third-order valence-electron chi connectivity index (χ3n) is 13.9. The molecule has 58 heavy (non-hydrogen) atoms. The molecule has 3 aliphatic carbocycles. The molecule has 0 spiro atoms. The summed E-state index contributed by atoms with van der Waals surface area (Å²) in [6.45, 7) is 8.13. The summed E-state index contributed by atoms with van der Waals surface area (Å²) in [7, 11) is 0.